The van der Waals surface area contributed by atoms with Crippen LogP contribution in [0, 0.1) is 0 Å². The smallest absolute Gasteiger partial charge is 0.0980 e. The number of furan rings is 1. The lowest BCUT2D eigenvalue weighted by atomic mass is 10.1. The van der Waals surface area contributed by atoms with Gasteiger partial charge in [0.25, 0.3) is 0 Å². The van der Waals surface area contributed by atoms with E-state index in [0.717, 1.165) is 56.2 Å². The maximum atomic E-state index is 5.25. The van der Waals surface area contributed by atoms with Crippen LogP contribution in [0.3, 0.4) is 0 Å². The van der Waals surface area contributed by atoms with Crippen molar-refractivity contribution >= 4 is 0 Å². The van der Waals surface area contributed by atoms with Gasteiger partial charge < -0.3 is 4.42 Å². The second kappa shape index (κ2) is 8.85. The Morgan fingerprint density at radius 2 is 1.35 bits per heavy atom. The molecule has 0 aliphatic carbocycles. The molecule has 0 aliphatic heterocycles. The molecule has 2 rings (SSSR count). The van der Waals surface area contributed by atoms with Crippen LogP contribution in [-0.2, 0) is 13.1 Å². The zero-order valence-electron chi connectivity index (χ0n) is 14.9. The fraction of sp³-hybridized carbons (Fsp3) is 0.526. The van der Waals surface area contributed by atoms with Crippen molar-refractivity contribution in [3.63, 3.8) is 0 Å². The van der Waals surface area contributed by atoms with Crippen LogP contribution in [0.2, 0.25) is 0 Å². The Bertz CT molecular complexity index is 540. The van der Waals surface area contributed by atoms with Crippen molar-refractivity contribution in [2.24, 2.45) is 0 Å². The summed E-state index contributed by atoms with van der Waals surface area (Å²) in [4.78, 5) is 9.68. The normalized spacial score (nSPS) is 11.6. The quantitative estimate of drug-likeness (QED) is 0.699. The van der Waals surface area contributed by atoms with Gasteiger partial charge in [0, 0.05) is 18.7 Å². The first-order valence-corrected chi connectivity index (χ1v) is 8.67. The van der Waals surface area contributed by atoms with E-state index in [2.05, 4.69) is 49.6 Å². The Labute approximate surface area is 140 Å². The van der Waals surface area contributed by atoms with E-state index in [0.29, 0.717) is 0 Å². The molecule has 0 unspecified atom stereocenters. The molecule has 0 N–H and O–H groups in total. The van der Waals surface area contributed by atoms with Gasteiger partial charge in [0.15, 0.2) is 0 Å². The predicted molar refractivity (Wildman–Crippen MR) is 95.2 cm³/mol. The summed E-state index contributed by atoms with van der Waals surface area (Å²) >= 11 is 0. The van der Waals surface area contributed by atoms with Crippen LogP contribution < -0.4 is 0 Å². The molecular formula is C19H29N3O. The second-order valence-corrected chi connectivity index (χ2v) is 5.77. The molecule has 0 aromatic carbocycles. The number of nitrogens with zero attached hydrogens (tertiary/aromatic N) is 3. The van der Waals surface area contributed by atoms with Crippen LogP contribution >= 0.6 is 0 Å². The molecule has 0 fully saturated rings. The Morgan fingerprint density at radius 3 is 1.74 bits per heavy atom. The molecule has 0 saturated heterocycles. The van der Waals surface area contributed by atoms with Crippen LogP contribution in [0.15, 0.2) is 35.1 Å². The lowest BCUT2D eigenvalue weighted by molar-refractivity contribution is 0.284. The third kappa shape index (κ3) is 4.91. The largest absolute Gasteiger partial charge is 0.472 e. The highest BCUT2D eigenvalue weighted by atomic mass is 16.3. The summed E-state index contributed by atoms with van der Waals surface area (Å²) in [7, 11) is 0. The molecule has 2 aromatic heterocycles. The highest BCUT2D eigenvalue weighted by Crippen LogP contribution is 2.22. The van der Waals surface area contributed by atoms with E-state index in [1.807, 2.05) is 6.07 Å². The summed E-state index contributed by atoms with van der Waals surface area (Å²) in [6.07, 6.45) is 3.53. The zero-order valence-corrected chi connectivity index (χ0v) is 14.9. The molecule has 2 heterocycles. The summed E-state index contributed by atoms with van der Waals surface area (Å²) in [6.45, 7) is 14.7. The predicted octanol–water partition coefficient (Wildman–Crippen LogP) is 4.03. The van der Waals surface area contributed by atoms with E-state index >= 15 is 0 Å². The molecule has 126 valence electrons. The highest BCUT2D eigenvalue weighted by molar-refractivity contribution is 5.62. The minimum Gasteiger partial charge on any atom is -0.472 e. The van der Waals surface area contributed by atoms with E-state index in [1.54, 1.807) is 12.5 Å². The van der Waals surface area contributed by atoms with Gasteiger partial charge in [0.1, 0.15) is 0 Å². The Kier molecular flexibility index (Phi) is 6.81. The molecule has 4 nitrogen and oxygen atoms in total. The average molecular weight is 315 g/mol. The maximum absolute atomic E-state index is 5.25. The SMILES string of the molecule is CCN(CC)Cc1cc(-c2ccoc2)cc(CN(CC)CC)n1. The van der Waals surface area contributed by atoms with E-state index < -0.39 is 0 Å². The summed E-state index contributed by atoms with van der Waals surface area (Å²) in [5.41, 5.74) is 4.58. The van der Waals surface area contributed by atoms with Crippen LogP contribution in [-0.4, -0.2) is 41.0 Å². The number of pyridine rings is 1. The van der Waals surface area contributed by atoms with Crippen molar-refractivity contribution < 1.29 is 4.42 Å². The van der Waals surface area contributed by atoms with Crippen molar-refractivity contribution in [2.45, 2.75) is 40.8 Å². The molecule has 4 heteroatoms. The minimum absolute atomic E-state index is 0.893. The van der Waals surface area contributed by atoms with Gasteiger partial charge in [0.05, 0.1) is 23.9 Å². The van der Waals surface area contributed by atoms with Gasteiger partial charge in [-0.2, -0.15) is 0 Å². The molecule has 0 atom stereocenters. The Morgan fingerprint density at radius 1 is 0.826 bits per heavy atom. The standard InChI is InChI=1S/C19H29N3O/c1-5-21(6-2)13-18-11-17(16-9-10-23-15-16)12-19(20-18)14-22(7-3)8-4/h9-12,15H,5-8,13-14H2,1-4H3. The van der Waals surface area contributed by atoms with Crippen molar-refractivity contribution in [3.05, 3.63) is 42.1 Å². The number of rotatable bonds is 9. The average Bonchev–Trinajstić information content (AvgIpc) is 3.12. The number of hydrogen-bond donors (Lipinski definition) is 0. The zero-order chi connectivity index (χ0) is 16.7. The topological polar surface area (TPSA) is 32.5 Å². The maximum Gasteiger partial charge on any atom is 0.0980 e. The molecule has 0 bridgehead atoms. The van der Waals surface area contributed by atoms with Crippen LogP contribution in [0.5, 0.6) is 0 Å². The Hall–Kier alpha value is -1.65. The van der Waals surface area contributed by atoms with Crippen molar-refractivity contribution in [2.75, 3.05) is 26.2 Å². The summed E-state index contributed by atoms with van der Waals surface area (Å²) < 4.78 is 5.25. The fourth-order valence-electron chi connectivity index (χ4n) is 2.76. The van der Waals surface area contributed by atoms with Gasteiger partial charge in [-0.25, -0.2) is 0 Å². The highest BCUT2D eigenvalue weighted by Gasteiger charge is 2.10. The summed E-state index contributed by atoms with van der Waals surface area (Å²) in [6, 6.07) is 6.39. The molecule has 2 aromatic rings. The summed E-state index contributed by atoms with van der Waals surface area (Å²) in [5, 5.41) is 0. The van der Waals surface area contributed by atoms with Gasteiger partial charge in [-0.3, -0.25) is 14.8 Å². The molecule has 0 saturated carbocycles. The first-order valence-electron chi connectivity index (χ1n) is 8.67. The lowest BCUT2D eigenvalue weighted by Crippen LogP contribution is -2.25. The van der Waals surface area contributed by atoms with Gasteiger partial charge in [-0.05, 0) is 49.9 Å². The van der Waals surface area contributed by atoms with Gasteiger partial charge in [-0.1, -0.05) is 27.7 Å². The van der Waals surface area contributed by atoms with Crippen molar-refractivity contribution in [1.82, 2.24) is 14.8 Å². The van der Waals surface area contributed by atoms with E-state index in [9.17, 15) is 0 Å². The molecule has 0 radical (unpaired) electrons. The van der Waals surface area contributed by atoms with Crippen molar-refractivity contribution in [3.8, 4) is 11.1 Å². The van der Waals surface area contributed by atoms with Gasteiger partial charge in [-0.15, -0.1) is 0 Å². The van der Waals surface area contributed by atoms with Gasteiger partial charge in [0.2, 0.25) is 0 Å². The molecule has 0 spiro atoms. The first kappa shape index (κ1) is 17.7. The van der Waals surface area contributed by atoms with E-state index in [-0.39, 0.29) is 0 Å². The van der Waals surface area contributed by atoms with Crippen molar-refractivity contribution in [1.29, 1.82) is 0 Å². The van der Waals surface area contributed by atoms with Crippen LogP contribution in [0.4, 0.5) is 0 Å². The van der Waals surface area contributed by atoms with Gasteiger partial charge >= 0.3 is 0 Å². The molecular weight excluding hydrogens is 286 g/mol. The third-order valence-corrected chi connectivity index (χ3v) is 4.35. The first-order chi connectivity index (χ1) is 11.2. The van der Waals surface area contributed by atoms with Crippen LogP contribution in [0.1, 0.15) is 39.1 Å². The van der Waals surface area contributed by atoms with E-state index in [1.165, 1.54) is 5.56 Å². The van der Waals surface area contributed by atoms with E-state index in [4.69, 9.17) is 9.40 Å². The number of aromatic nitrogens is 1. The fourth-order valence-corrected chi connectivity index (χ4v) is 2.76. The molecule has 0 aliphatic rings. The monoisotopic (exact) mass is 315 g/mol. The lowest BCUT2D eigenvalue weighted by Gasteiger charge is -2.21. The molecule has 0 amide bonds. The van der Waals surface area contributed by atoms with Crippen LogP contribution in [0.25, 0.3) is 11.1 Å². The second-order valence-electron chi connectivity index (χ2n) is 5.77. The number of hydrogen-bond acceptors (Lipinski definition) is 4. The minimum atomic E-state index is 0.893. The summed E-state index contributed by atoms with van der Waals surface area (Å²) in [5.74, 6) is 0. The Balaban J connectivity index is 2.31. The third-order valence-electron chi connectivity index (χ3n) is 4.35. The molecule has 23 heavy (non-hydrogen) atoms.